The van der Waals surface area contributed by atoms with Gasteiger partial charge in [0.25, 0.3) is 8.53 Å². The number of likely N-dealkylation sites (N-methyl/N-ethyl adjacent to an activating group) is 1. The Kier molecular flexibility index (Phi) is 6.53. The summed E-state index contributed by atoms with van der Waals surface area (Å²) in [6, 6.07) is 7.78. The fraction of sp³-hybridized carbons (Fsp3) is 0.364. The fourth-order valence-electron chi connectivity index (χ4n) is 3.60. The lowest BCUT2D eigenvalue weighted by molar-refractivity contribution is 0.104. The highest BCUT2D eigenvalue weighted by Gasteiger charge is 2.30. The molecule has 1 aliphatic heterocycles. The van der Waals surface area contributed by atoms with E-state index in [0.717, 1.165) is 47.3 Å². The standard InChI is InChI=1S/C22H24F3N2O3P/c1-26(2)8-6-14-13-27(20-5-4-16(28-3)12-17(14)20)31-29-9-7-21(30-31)15-10-18(23)22(25)19(24)11-15/h4-5,10-13,21H,6-9H2,1-3H3. The quantitative estimate of drug-likeness (QED) is 0.370. The zero-order valence-electron chi connectivity index (χ0n) is 17.6. The second-order valence-corrected chi connectivity index (χ2v) is 9.06. The van der Waals surface area contributed by atoms with Crippen molar-refractivity contribution < 1.29 is 27.0 Å². The average Bonchev–Trinajstić information content (AvgIpc) is 3.13. The first-order valence-electron chi connectivity index (χ1n) is 9.94. The maximum Gasteiger partial charge on any atom is 0.294 e. The number of halogens is 3. The summed E-state index contributed by atoms with van der Waals surface area (Å²) in [5.74, 6) is -3.17. The first-order chi connectivity index (χ1) is 14.9. The summed E-state index contributed by atoms with van der Waals surface area (Å²) in [5, 5.41) is 1.04. The lowest BCUT2D eigenvalue weighted by atomic mass is 10.1. The fourth-order valence-corrected chi connectivity index (χ4v) is 5.17. The van der Waals surface area contributed by atoms with Crippen LogP contribution in [0.3, 0.4) is 0 Å². The largest absolute Gasteiger partial charge is 0.497 e. The molecule has 0 radical (unpaired) electrons. The molecule has 1 aliphatic rings. The molecule has 2 unspecified atom stereocenters. The molecule has 4 rings (SSSR count). The van der Waals surface area contributed by atoms with Gasteiger partial charge in [0, 0.05) is 24.5 Å². The van der Waals surface area contributed by atoms with Crippen LogP contribution in [-0.4, -0.2) is 43.6 Å². The number of nitrogens with zero attached hydrogens (tertiary/aromatic N) is 2. The van der Waals surface area contributed by atoms with E-state index in [1.165, 1.54) is 0 Å². The number of hydrogen-bond donors (Lipinski definition) is 0. The summed E-state index contributed by atoms with van der Waals surface area (Å²) in [6.45, 7) is 1.23. The smallest absolute Gasteiger partial charge is 0.294 e. The first-order valence-corrected chi connectivity index (χ1v) is 11.1. The normalized spacial score (nSPS) is 19.3. The molecule has 0 bridgehead atoms. The molecule has 0 aliphatic carbocycles. The Morgan fingerprint density at radius 1 is 1.16 bits per heavy atom. The lowest BCUT2D eigenvalue weighted by Gasteiger charge is -2.30. The van der Waals surface area contributed by atoms with E-state index in [1.54, 1.807) is 7.11 Å². The van der Waals surface area contributed by atoms with Crippen molar-refractivity contribution in [3.63, 3.8) is 0 Å². The number of rotatable bonds is 6. The summed E-state index contributed by atoms with van der Waals surface area (Å²) < 4.78 is 60.2. The second kappa shape index (κ2) is 9.17. The topological polar surface area (TPSA) is 35.9 Å². The third-order valence-electron chi connectivity index (χ3n) is 5.26. The van der Waals surface area contributed by atoms with Gasteiger partial charge in [0.15, 0.2) is 17.5 Å². The van der Waals surface area contributed by atoms with Crippen LogP contribution in [-0.2, 0) is 15.5 Å². The van der Waals surface area contributed by atoms with Crippen molar-refractivity contribution in [3.8, 4) is 5.75 Å². The Morgan fingerprint density at radius 2 is 1.90 bits per heavy atom. The van der Waals surface area contributed by atoms with Crippen molar-refractivity contribution in [2.45, 2.75) is 18.9 Å². The van der Waals surface area contributed by atoms with Crippen molar-refractivity contribution in [3.05, 3.63) is 65.1 Å². The van der Waals surface area contributed by atoms with E-state index in [1.807, 2.05) is 42.8 Å². The number of ether oxygens (including phenoxy) is 1. The minimum Gasteiger partial charge on any atom is -0.497 e. The maximum atomic E-state index is 13.7. The molecule has 2 aromatic carbocycles. The van der Waals surface area contributed by atoms with Gasteiger partial charge in [-0.25, -0.2) is 13.2 Å². The third kappa shape index (κ3) is 4.58. The van der Waals surface area contributed by atoms with Crippen LogP contribution in [0.2, 0.25) is 0 Å². The van der Waals surface area contributed by atoms with E-state index in [4.69, 9.17) is 13.8 Å². The molecule has 0 amide bonds. The molecule has 2 atom stereocenters. The molecule has 31 heavy (non-hydrogen) atoms. The number of fused-ring (bicyclic) bond motifs is 1. The van der Waals surface area contributed by atoms with Gasteiger partial charge in [0.1, 0.15) is 5.75 Å². The summed E-state index contributed by atoms with van der Waals surface area (Å²) in [4.78, 5) is 2.11. The van der Waals surface area contributed by atoms with Gasteiger partial charge < -0.3 is 18.7 Å². The van der Waals surface area contributed by atoms with Crippen molar-refractivity contribution in [1.29, 1.82) is 0 Å². The number of aromatic nitrogens is 1. The van der Waals surface area contributed by atoms with Gasteiger partial charge in [-0.3, -0.25) is 4.34 Å². The van der Waals surface area contributed by atoms with E-state index >= 15 is 0 Å². The van der Waals surface area contributed by atoms with Gasteiger partial charge in [-0.1, -0.05) is 0 Å². The number of methoxy groups -OCH3 is 1. The van der Waals surface area contributed by atoms with E-state index in [9.17, 15) is 13.2 Å². The zero-order valence-corrected chi connectivity index (χ0v) is 18.5. The second-order valence-electron chi connectivity index (χ2n) is 7.69. The molecule has 1 fully saturated rings. The number of benzene rings is 2. The molecule has 1 aromatic heterocycles. The van der Waals surface area contributed by atoms with Gasteiger partial charge in [-0.15, -0.1) is 0 Å². The zero-order chi connectivity index (χ0) is 22.1. The van der Waals surface area contributed by atoms with E-state index < -0.39 is 32.1 Å². The van der Waals surface area contributed by atoms with Crippen LogP contribution in [0, 0.1) is 17.5 Å². The predicted molar refractivity (Wildman–Crippen MR) is 114 cm³/mol. The van der Waals surface area contributed by atoms with Crippen molar-refractivity contribution in [2.24, 2.45) is 0 Å². The summed E-state index contributed by atoms with van der Waals surface area (Å²) in [5.41, 5.74) is 2.31. The van der Waals surface area contributed by atoms with Crippen molar-refractivity contribution >= 4 is 19.4 Å². The van der Waals surface area contributed by atoms with Crippen LogP contribution in [0.4, 0.5) is 13.2 Å². The lowest BCUT2D eigenvalue weighted by Crippen LogP contribution is -2.15. The van der Waals surface area contributed by atoms with Gasteiger partial charge in [-0.2, -0.15) is 0 Å². The summed E-state index contributed by atoms with van der Waals surface area (Å²) in [7, 11) is 4.11. The van der Waals surface area contributed by atoms with Gasteiger partial charge in [0.05, 0.1) is 25.3 Å². The highest BCUT2D eigenvalue weighted by atomic mass is 31.2. The van der Waals surface area contributed by atoms with Gasteiger partial charge in [0.2, 0.25) is 0 Å². The van der Waals surface area contributed by atoms with E-state index in [0.29, 0.717) is 13.0 Å². The van der Waals surface area contributed by atoms with Crippen LogP contribution in [0.25, 0.3) is 10.9 Å². The highest BCUT2D eigenvalue weighted by molar-refractivity contribution is 7.45. The molecule has 1 saturated heterocycles. The summed E-state index contributed by atoms with van der Waals surface area (Å²) in [6.07, 6.45) is 2.66. The SMILES string of the molecule is COc1ccc2c(c1)c(CCN(C)C)cn2P1OCCC(c2cc(F)c(F)c(F)c2)O1. The molecule has 3 aromatic rings. The minimum atomic E-state index is -1.55. The molecule has 9 heteroatoms. The van der Waals surface area contributed by atoms with Crippen LogP contribution >= 0.6 is 8.53 Å². The van der Waals surface area contributed by atoms with Crippen LogP contribution in [0.1, 0.15) is 23.7 Å². The Bertz CT molecular complexity index is 1070. The first kappa shape index (κ1) is 22.1. The molecule has 5 nitrogen and oxygen atoms in total. The van der Waals surface area contributed by atoms with Crippen LogP contribution in [0.5, 0.6) is 5.75 Å². The van der Waals surface area contributed by atoms with E-state index in [-0.39, 0.29) is 5.56 Å². The Morgan fingerprint density at radius 3 is 2.58 bits per heavy atom. The molecule has 0 N–H and O–H groups in total. The van der Waals surface area contributed by atoms with Crippen molar-refractivity contribution in [2.75, 3.05) is 34.4 Å². The van der Waals surface area contributed by atoms with Gasteiger partial charge >= 0.3 is 0 Å². The minimum absolute atomic E-state index is 0.262. The number of hydrogen-bond acceptors (Lipinski definition) is 4. The molecule has 2 heterocycles. The molecule has 166 valence electrons. The molecule has 0 saturated carbocycles. The predicted octanol–water partition coefficient (Wildman–Crippen LogP) is 5.42. The molecule has 0 spiro atoms. The van der Waals surface area contributed by atoms with E-state index in [2.05, 4.69) is 4.90 Å². The summed E-state index contributed by atoms with van der Waals surface area (Å²) >= 11 is 0. The van der Waals surface area contributed by atoms with Crippen LogP contribution < -0.4 is 4.74 Å². The highest BCUT2D eigenvalue weighted by Crippen LogP contribution is 2.52. The van der Waals surface area contributed by atoms with Crippen LogP contribution in [0.15, 0.2) is 36.5 Å². The average molecular weight is 452 g/mol. The Balaban J connectivity index is 1.67. The Labute approximate surface area is 180 Å². The third-order valence-corrected chi connectivity index (χ3v) is 6.78. The van der Waals surface area contributed by atoms with Gasteiger partial charge in [-0.05, 0) is 62.0 Å². The molecular formula is C22H24F3N2O3P. The Hall–Kier alpha value is -2.12. The maximum absolute atomic E-state index is 13.7. The molecular weight excluding hydrogens is 428 g/mol. The monoisotopic (exact) mass is 452 g/mol. The van der Waals surface area contributed by atoms with Crippen molar-refractivity contribution in [1.82, 2.24) is 9.24 Å².